The molecule has 0 atom stereocenters. The molecule has 4 heteroatoms. The van der Waals surface area contributed by atoms with Gasteiger partial charge in [0.05, 0.1) is 5.69 Å². The van der Waals surface area contributed by atoms with Gasteiger partial charge in [-0.3, -0.25) is 0 Å². The van der Waals surface area contributed by atoms with Gasteiger partial charge in [-0.1, -0.05) is 0 Å². The summed E-state index contributed by atoms with van der Waals surface area (Å²) in [5.41, 5.74) is 6.27. The van der Waals surface area contributed by atoms with Gasteiger partial charge in [0.1, 0.15) is 11.7 Å². The zero-order valence-corrected chi connectivity index (χ0v) is 7.77. The number of aliphatic imine (C=N–C) groups is 1. The molecule has 0 saturated carbocycles. The van der Waals surface area contributed by atoms with E-state index in [1.807, 2.05) is 0 Å². The van der Waals surface area contributed by atoms with Crippen molar-refractivity contribution in [2.45, 2.75) is 11.3 Å². The van der Waals surface area contributed by atoms with Crippen molar-refractivity contribution in [3.05, 3.63) is 24.0 Å². The molecule has 2 nitrogen and oxygen atoms in total. The van der Waals surface area contributed by atoms with E-state index >= 15 is 0 Å². The SMILES string of the molecule is NC1=Nc2cc(F)ccc2SCC1. The molecular weight excluding hydrogens is 187 g/mol. The first-order chi connectivity index (χ1) is 6.25. The summed E-state index contributed by atoms with van der Waals surface area (Å²) < 4.78 is 12.8. The van der Waals surface area contributed by atoms with Gasteiger partial charge < -0.3 is 5.73 Å². The van der Waals surface area contributed by atoms with Gasteiger partial charge in [-0.15, -0.1) is 11.8 Å². The predicted molar refractivity (Wildman–Crippen MR) is 53.0 cm³/mol. The molecule has 13 heavy (non-hydrogen) atoms. The third kappa shape index (κ3) is 1.83. The molecule has 1 aliphatic heterocycles. The van der Waals surface area contributed by atoms with E-state index in [1.165, 1.54) is 12.1 Å². The van der Waals surface area contributed by atoms with Crippen LogP contribution in [0.5, 0.6) is 0 Å². The number of nitrogens with two attached hydrogens (primary N) is 1. The van der Waals surface area contributed by atoms with Gasteiger partial charge in [-0.25, -0.2) is 9.38 Å². The molecule has 2 N–H and O–H groups in total. The Kier molecular flexibility index (Phi) is 2.22. The van der Waals surface area contributed by atoms with E-state index in [4.69, 9.17) is 5.73 Å². The molecule has 1 aromatic rings. The standard InChI is InChI=1S/C9H9FN2S/c10-6-1-2-8-7(5-6)12-9(11)3-4-13-8/h1-2,5H,3-4H2,(H2,11,12). The third-order valence-electron chi connectivity index (χ3n) is 1.80. The van der Waals surface area contributed by atoms with E-state index in [-0.39, 0.29) is 5.82 Å². The smallest absolute Gasteiger partial charge is 0.125 e. The average molecular weight is 196 g/mol. The molecule has 0 saturated heterocycles. The van der Waals surface area contributed by atoms with E-state index < -0.39 is 0 Å². The van der Waals surface area contributed by atoms with Crippen molar-refractivity contribution in [3.8, 4) is 0 Å². The van der Waals surface area contributed by atoms with E-state index in [1.54, 1.807) is 17.8 Å². The first kappa shape index (κ1) is 8.56. The van der Waals surface area contributed by atoms with E-state index in [0.29, 0.717) is 11.5 Å². The molecule has 0 radical (unpaired) electrons. The van der Waals surface area contributed by atoms with E-state index in [0.717, 1.165) is 17.1 Å². The Labute approximate surface area is 80.0 Å². The maximum Gasteiger partial charge on any atom is 0.125 e. The molecule has 2 rings (SSSR count). The van der Waals surface area contributed by atoms with Crippen molar-refractivity contribution in [1.29, 1.82) is 0 Å². The molecule has 68 valence electrons. The van der Waals surface area contributed by atoms with Gasteiger partial charge in [-0.05, 0) is 12.1 Å². The second-order valence-corrected chi connectivity index (χ2v) is 3.95. The number of thioether (sulfide) groups is 1. The lowest BCUT2D eigenvalue weighted by Crippen LogP contribution is -2.10. The summed E-state index contributed by atoms with van der Waals surface area (Å²) >= 11 is 1.66. The van der Waals surface area contributed by atoms with Crippen LogP contribution in [0, 0.1) is 5.82 Å². The van der Waals surface area contributed by atoms with Crippen LogP contribution in [0.2, 0.25) is 0 Å². The Bertz CT molecular complexity index is 363. The number of halogens is 1. The fourth-order valence-electron chi connectivity index (χ4n) is 1.18. The van der Waals surface area contributed by atoms with Gasteiger partial charge in [0.25, 0.3) is 0 Å². The monoisotopic (exact) mass is 196 g/mol. The van der Waals surface area contributed by atoms with Crippen LogP contribution in [0.1, 0.15) is 6.42 Å². The van der Waals surface area contributed by atoms with Crippen LogP contribution in [-0.4, -0.2) is 11.6 Å². The number of hydrogen-bond acceptors (Lipinski definition) is 3. The van der Waals surface area contributed by atoms with Crippen molar-refractivity contribution in [2.75, 3.05) is 5.75 Å². The number of hydrogen-bond donors (Lipinski definition) is 1. The minimum atomic E-state index is -0.266. The highest BCUT2D eigenvalue weighted by atomic mass is 32.2. The summed E-state index contributed by atoms with van der Waals surface area (Å²) in [6.07, 6.45) is 0.765. The second kappa shape index (κ2) is 3.38. The topological polar surface area (TPSA) is 38.4 Å². The fourth-order valence-corrected chi connectivity index (χ4v) is 2.12. The number of fused-ring (bicyclic) bond motifs is 1. The zero-order chi connectivity index (χ0) is 9.26. The summed E-state index contributed by atoms with van der Waals surface area (Å²) in [4.78, 5) is 5.14. The van der Waals surface area contributed by atoms with Crippen molar-refractivity contribution in [3.63, 3.8) is 0 Å². The Morgan fingerprint density at radius 1 is 1.46 bits per heavy atom. The summed E-state index contributed by atoms with van der Waals surface area (Å²) in [6.45, 7) is 0. The quantitative estimate of drug-likeness (QED) is 0.691. The summed E-state index contributed by atoms with van der Waals surface area (Å²) in [6, 6.07) is 4.61. The van der Waals surface area contributed by atoms with Crippen LogP contribution >= 0.6 is 11.8 Å². The lowest BCUT2D eigenvalue weighted by atomic mass is 10.3. The fraction of sp³-hybridized carbons (Fsp3) is 0.222. The number of amidine groups is 1. The van der Waals surface area contributed by atoms with Crippen LogP contribution in [0.3, 0.4) is 0 Å². The minimum absolute atomic E-state index is 0.266. The number of benzene rings is 1. The first-order valence-electron chi connectivity index (χ1n) is 4.01. The maximum absolute atomic E-state index is 12.8. The van der Waals surface area contributed by atoms with Crippen molar-refractivity contribution >= 4 is 23.3 Å². The first-order valence-corrected chi connectivity index (χ1v) is 4.99. The number of nitrogens with zero attached hydrogens (tertiary/aromatic N) is 1. The molecule has 0 unspecified atom stereocenters. The third-order valence-corrected chi connectivity index (χ3v) is 2.87. The van der Waals surface area contributed by atoms with Crippen molar-refractivity contribution < 1.29 is 4.39 Å². The van der Waals surface area contributed by atoms with Crippen LogP contribution in [0.25, 0.3) is 0 Å². The molecule has 0 aliphatic carbocycles. The van der Waals surface area contributed by atoms with Gasteiger partial charge >= 0.3 is 0 Å². The summed E-state index contributed by atoms with van der Waals surface area (Å²) in [5.74, 6) is 1.23. The Morgan fingerprint density at radius 2 is 2.31 bits per heavy atom. The molecule has 0 aromatic heterocycles. The normalized spacial score (nSPS) is 15.9. The highest BCUT2D eigenvalue weighted by Crippen LogP contribution is 2.32. The number of rotatable bonds is 0. The molecule has 0 fully saturated rings. The summed E-state index contributed by atoms with van der Waals surface area (Å²) in [5, 5.41) is 0. The Hall–Kier alpha value is -1.03. The van der Waals surface area contributed by atoms with Gasteiger partial charge in [0.15, 0.2) is 0 Å². The van der Waals surface area contributed by atoms with E-state index in [2.05, 4.69) is 4.99 Å². The minimum Gasteiger partial charge on any atom is -0.387 e. The Morgan fingerprint density at radius 3 is 3.15 bits per heavy atom. The molecular formula is C9H9FN2S. The van der Waals surface area contributed by atoms with Crippen LogP contribution in [0.15, 0.2) is 28.1 Å². The van der Waals surface area contributed by atoms with Gasteiger partial charge in [-0.2, -0.15) is 0 Å². The van der Waals surface area contributed by atoms with Gasteiger partial charge in [0, 0.05) is 23.1 Å². The maximum atomic E-state index is 12.8. The summed E-state index contributed by atoms with van der Waals surface area (Å²) in [7, 11) is 0. The lowest BCUT2D eigenvalue weighted by Gasteiger charge is -2.00. The van der Waals surface area contributed by atoms with E-state index in [9.17, 15) is 4.39 Å². The average Bonchev–Trinajstić information content (AvgIpc) is 2.25. The lowest BCUT2D eigenvalue weighted by molar-refractivity contribution is 0.627. The molecule has 0 amide bonds. The second-order valence-electron chi connectivity index (χ2n) is 2.81. The predicted octanol–water partition coefficient (Wildman–Crippen LogP) is 2.31. The molecule has 0 bridgehead atoms. The van der Waals surface area contributed by atoms with Crippen molar-refractivity contribution in [1.82, 2.24) is 0 Å². The molecule has 1 heterocycles. The highest BCUT2D eigenvalue weighted by Gasteiger charge is 2.08. The largest absolute Gasteiger partial charge is 0.387 e. The highest BCUT2D eigenvalue weighted by molar-refractivity contribution is 7.99. The van der Waals surface area contributed by atoms with Crippen molar-refractivity contribution in [2.24, 2.45) is 10.7 Å². The molecule has 1 aliphatic rings. The van der Waals surface area contributed by atoms with Crippen LogP contribution in [-0.2, 0) is 0 Å². The Balaban J connectivity index is 2.49. The molecule has 0 spiro atoms. The van der Waals surface area contributed by atoms with Crippen LogP contribution < -0.4 is 5.73 Å². The van der Waals surface area contributed by atoms with Crippen LogP contribution in [0.4, 0.5) is 10.1 Å². The molecule has 1 aromatic carbocycles. The zero-order valence-electron chi connectivity index (χ0n) is 6.96. The van der Waals surface area contributed by atoms with Gasteiger partial charge in [0.2, 0.25) is 0 Å².